The van der Waals surface area contributed by atoms with Crippen molar-refractivity contribution in [3.63, 3.8) is 0 Å². The van der Waals surface area contributed by atoms with Crippen molar-refractivity contribution in [2.75, 3.05) is 26.3 Å². The number of hydrogen-bond acceptors (Lipinski definition) is 8. The predicted octanol–water partition coefficient (Wildman–Crippen LogP) is 3.25. The number of rotatable bonds is 6. The number of piperidine rings is 1. The van der Waals surface area contributed by atoms with Gasteiger partial charge in [-0.2, -0.15) is 10.1 Å². The van der Waals surface area contributed by atoms with Gasteiger partial charge in [-0.3, -0.25) is 9.48 Å². The Morgan fingerprint density at radius 3 is 2.67 bits per heavy atom. The molecule has 5 heterocycles. The van der Waals surface area contributed by atoms with E-state index in [1.54, 1.807) is 24.0 Å². The summed E-state index contributed by atoms with van der Waals surface area (Å²) in [6.07, 6.45) is 7.65. The molecule has 0 unspecified atom stereocenters. The Bertz CT molecular complexity index is 1090. The van der Waals surface area contributed by atoms with E-state index in [1.807, 2.05) is 4.90 Å². The summed E-state index contributed by atoms with van der Waals surface area (Å²) in [4.78, 5) is 19.6. The standard InChI is InChI=1S/C22H27ClN6O4/c1-14-18(13-29-12-17(23)11-24-29)20(26-32-14)22(30)28-6-2-15(3-7-28)10-19-25-21(27-33-19)16-4-8-31-9-5-16/h11-12,15-16H,2-10,13H2,1H3. The maximum absolute atomic E-state index is 13.2. The molecule has 2 aliphatic rings. The first-order chi connectivity index (χ1) is 16.1. The normalized spacial score (nSPS) is 18.2. The molecule has 3 aromatic rings. The Kier molecular flexibility index (Phi) is 6.45. The number of carbonyl (C=O) groups is 1. The van der Waals surface area contributed by atoms with Gasteiger partial charge in [0.1, 0.15) is 5.76 Å². The SMILES string of the molecule is Cc1onc(C(=O)N2CCC(Cc3nc(C4CCOCC4)no3)CC2)c1Cn1cc(Cl)cn1. The van der Waals surface area contributed by atoms with Crippen LogP contribution >= 0.6 is 11.6 Å². The van der Waals surface area contributed by atoms with Gasteiger partial charge in [-0.1, -0.05) is 21.9 Å². The number of aryl methyl sites for hydroxylation is 1. The van der Waals surface area contributed by atoms with Gasteiger partial charge in [-0.05, 0) is 38.5 Å². The summed E-state index contributed by atoms with van der Waals surface area (Å²) in [7, 11) is 0. The molecule has 0 saturated carbocycles. The Balaban J connectivity index is 1.17. The number of amides is 1. The van der Waals surface area contributed by atoms with Crippen LogP contribution in [0.4, 0.5) is 0 Å². The molecule has 0 aromatic carbocycles. The Morgan fingerprint density at radius 1 is 1.15 bits per heavy atom. The lowest BCUT2D eigenvalue weighted by Crippen LogP contribution is -2.39. The van der Waals surface area contributed by atoms with Crippen LogP contribution < -0.4 is 0 Å². The van der Waals surface area contributed by atoms with Crippen LogP contribution in [0.3, 0.4) is 0 Å². The summed E-state index contributed by atoms with van der Waals surface area (Å²) in [5.74, 6) is 2.71. The minimum absolute atomic E-state index is 0.113. The zero-order valence-corrected chi connectivity index (χ0v) is 19.3. The van der Waals surface area contributed by atoms with Crippen molar-refractivity contribution in [1.29, 1.82) is 0 Å². The molecule has 33 heavy (non-hydrogen) atoms. The molecule has 0 bridgehead atoms. The maximum Gasteiger partial charge on any atom is 0.276 e. The first-order valence-electron chi connectivity index (χ1n) is 11.4. The van der Waals surface area contributed by atoms with Crippen molar-refractivity contribution in [3.8, 4) is 0 Å². The van der Waals surface area contributed by atoms with E-state index in [4.69, 9.17) is 25.4 Å². The number of aromatic nitrogens is 5. The van der Waals surface area contributed by atoms with Crippen molar-refractivity contribution in [1.82, 2.24) is 30.0 Å². The molecule has 5 rings (SSSR count). The van der Waals surface area contributed by atoms with Gasteiger partial charge >= 0.3 is 0 Å². The highest BCUT2D eigenvalue weighted by atomic mass is 35.5. The van der Waals surface area contributed by atoms with Crippen molar-refractivity contribution in [2.45, 2.75) is 51.5 Å². The van der Waals surface area contributed by atoms with Gasteiger partial charge in [0.05, 0.1) is 17.8 Å². The maximum atomic E-state index is 13.2. The fraction of sp³-hybridized carbons (Fsp3) is 0.591. The summed E-state index contributed by atoms with van der Waals surface area (Å²) in [6, 6.07) is 0. The van der Waals surface area contributed by atoms with Crippen LogP contribution in [0, 0.1) is 12.8 Å². The summed E-state index contributed by atoms with van der Waals surface area (Å²) >= 11 is 5.96. The quantitative estimate of drug-likeness (QED) is 0.535. The van der Waals surface area contributed by atoms with Gasteiger partial charge < -0.3 is 18.7 Å². The average molecular weight is 475 g/mol. The largest absolute Gasteiger partial charge is 0.381 e. The van der Waals surface area contributed by atoms with Crippen LogP contribution in [0.5, 0.6) is 0 Å². The number of ether oxygens (including phenoxy) is 1. The van der Waals surface area contributed by atoms with Crippen LogP contribution in [0.15, 0.2) is 21.4 Å². The highest BCUT2D eigenvalue weighted by molar-refractivity contribution is 6.30. The van der Waals surface area contributed by atoms with E-state index in [0.29, 0.717) is 53.8 Å². The highest BCUT2D eigenvalue weighted by Crippen LogP contribution is 2.27. The van der Waals surface area contributed by atoms with Gasteiger partial charge in [0.2, 0.25) is 5.89 Å². The molecule has 2 saturated heterocycles. The second-order valence-electron chi connectivity index (χ2n) is 8.79. The molecule has 0 spiro atoms. The molecular formula is C22H27ClN6O4. The topological polar surface area (TPSA) is 112 Å². The molecular weight excluding hydrogens is 448 g/mol. The van der Waals surface area contributed by atoms with Crippen LogP contribution in [0.25, 0.3) is 0 Å². The number of likely N-dealkylation sites (tertiary alicyclic amines) is 1. The van der Waals surface area contributed by atoms with Crippen molar-refractivity contribution in [3.05, 3.63) is 46.1 Å². The van der Waals surface area contributed by atoms with Gasteiger partial charge in [0.25, 0.3) is 5.91 Å². The first-order valence-corrected chi connectivity index (χ1v) is 11.8. The number of halogens is 1. The third kappa shape index (κ3) is 4.96. The first kappa shape index (κ1) is 22.1. The van der Waals surface area contributed by atoms with E-state index in [9.17, 15) is 4.79 Å². The number of carbonyl (C=O) groups excluding carboxylic acids is 1. The summed E-state index contributed by atoms with van der Waals surface area (Å²) < 4.78 is 17.9. The third-order valence-electron chi connectivity index (χ3n) is 6.54. The zero-order chi connectivity index (χ0) is 22.8. The Morgan fingerprint density at radius 2 is 1.94 bits per heavy atom. The van der Waals surface area contributed by atoms with Gasteiger partial charge in [-0.15, -0.1) is 0 Å². The van der Waals surface area contributed by atoms with Crippen LogP contribution in [-0.4, -0.2) is 62.2 Å². The van der Waals surface area contributed by atoms with E-state index in [2.05, 4.69) is 20.4 Å². The molecule has 0 N–H and O–H groups in total. The lowest BCUT2D eigenvalue weighted by Gasteiger charge is -2.31. The van der Waals surface area contributed by atoms with Crippen LogP contribution in [0.2, 0.25) is 5.02 Å². The van der Waals surface area contributed by atoms with Crippen LogP contribution in [-0.2, 0) is 17.7 Å². The van der Waals surface area contributed by atoms with Crippen LogP contribution in [0.1, 0.15) is 65.1 Å². The third-order valence-corrected chi connectivity index (χ3v) is 6.74. The Labute approximate surface area is 196 Å². The smallest absolute Gasteiger partial charge is 0.276 e. The van der Waals surface area contributed by atoms with Gasteiger partial charge in [0.15, 0.2) is 11.5 Å². The number of nitrogens with zero attached hydrogens (tertiary/aromatic N) is 6. The summed E-state index contributed by atoms with van der Waals surface area (Å²) in [5, 5.41) is 13.0. The van der Waals surface area contributed by atoms with Crippen molar-refractivity contribution >= 4 is 17.5 Å². The zero-order valence-electron chi connectivity index (χ0n) is 18.6. The molecule has 0 aliphatic carbocycles. The van der Waals surface area contributed by atoms with E-state index < -0.39 is 0 Å². The molecule has 176 valence electrons. The number of hydrogen-bond donors (Lipinski definition) is 0. The predicted molar refractivity (Wildman–Crippen MR) is 117 cm³/mol. The van der Waals surface area contributed by atoms with Crippen molar-refractivity contribution in [2.24, 2.45) is 5.92 Å². The summed E-state index contributed by atoms with van der Waals surface area (Å²) in [6.45, 7) is 5.00. The van der Waals surface area contributed by atoms with E-state index >= 15 is 0 Å². The second kappa shape index (κ2) is 9.64. The monoisotopic (exact) mass is 474 g/mol. The summed E-state index contributed by atoms with van der Waals surface area (Å²) in [5.41, 5.74) is 1.07. The highest BCUT2D eigenvalue weighted by Gasteiger charge is 2.30. The van der Waals surface area contributed by atoms with E-state index in [1.165, 1.54) is 0 Å². The fourth-order valence-electron chi connectivity index (χ4n) is 4.54. The molecule has 2 aliphatic heterocycles. The van der Waals surface area contributed by atoms with E-state index in [0.717, 1.165) is 56.7 Å². The Hall–Kier alpha value is -2.72. The van der Waals surface area contributed by atoms with Gasteiger partial charge in [0, 0.05) is 50.4 Å². The second-order valence-corrected chi connectivity index (χ2v) is 9.23. The molecule has 0 radical (unpaired) electrons. The van der Waals surface area contributed by atoms with Crippen molar-refractivity contribution < 1.29 is 18.6 Å². The molecule has 1 amide bonds. The average Bonchev–Trinajstić information content (AvgIpc) is 3.56. The lowest BCUT2D eigenvalue weighted by atomic mass is 9.93. The minimum atomic E-state index is -0.113. The van der Waals surface area contributed by atoms with E-state index in [-0.39, 0.29) is 5.91 Å². The molecule has 3 aromatic heterocycles. The molecule has 11 heteroatoms. The lowest BCUT2D eigenvalue weighted by molar-refractivity contribution is 0.0676. The molecule has 10 nitrogen and oxygen atoms in total. The fourth-order valence-corrected chi connectivity index (χ4v) is 4.70. The molecule has 2 fully saturated rings. The molecule has 0 atom stereocenters. The minimum Gasteiger partial charge on any atom is -0.381 e. The van der Waals surface area contributed by atoms with Gasteiger partial charge in [-0.25, -0.2) is 0 Å².